The highest BCUT2D eigenvalue weighted by Gasteiger charge is 2.32. The van der Waals surface area contributed by atoms with Gasteiger partial charge in [0.1, 0.15) is 0 Å². The molecule has 0 saturated carbocycles. The molecule has 0 saturated heterocycles. The number of hydrogen-bond acceptors (Lipinski definition) is 5. The molecule has 2 N–H and O–H groups in total. The maximum atomic E-state index is 9.95. The molecule has 2 rings (SSSR count). The van der Waals surface area contributed by atoms with Crippen LogP contribution in [0.2, 0.25) is 38.3 Å². The minimum atomic E-state index is -1.76. The summed E-state index contributed by atoms with van der Waals surface area (Å²) >= 11 is 0. The van der Waals surface area contributed by atoms with Crippen molar-refractivity contribution in [1.82, 2.24) is 0 Å². The highest BCUT2D eigenvalue weighted by Crippen LogP contribution is 2.30. The fourth-order valence-corrected chi connectivity index (χ4v) is 12.9. The molecule has 0 bridgehead atoms. The van der Waals surface area contributed by atoms with Gasteiger partial charge in [0.25, 0.3) is 0 Å². The van der Waals surface area contributed by atoms with Gasteiger partial charge >= 0.3 is 0 Å². The van der Waals surface area contributed by atoms with E-state index >= 15 is 0 Å². The van der Waals surface area contributed by atoms with Crippen LogP contribution in [0.4, 0.5) is 0 Å². The summed E-state index contributed by atoms with van der Waals surface area (Å²) in [7, 11) is -0.389. The van der Waals surface area contributed by atoms with E-state index in [2.05, 4.69) is 26.2 Å². The Morgan fingerprint density at radius 2 is 1.06 bits per heavy atom. The lowest BCUT2D eigenvalue weighted by Crippen LogP contribution is -2.44. The van der Waals surface area contributed by atoms with Crippen molar-refractivity contribution in [2.45, 2.75) is 64.0 Å². The Kier molecular flexibility index (Phi) is 9.03. The van der Waals surface area contributed by atoms with Gasteiger partial charge in [-0.05, 0) is 99.4 Å². The zero-order valence-corrected chi connectivity index (χ0v) is 21.8. The third-order valence-electron chi connectivity index (χ3n) is 5.53. The Labute approximate surface area is 189 Å². The molecule has 0 aliphatic carbocycles. The van der Waals surface area contributed by atoms with Crippen molar-refractivity contribution in [1.29, 1.82) is 0 Å². The van der Waals surface area contributed by atoms with Crippen molar-refractivity contribution in [2.75, 3.05) is 14.2 Å². The first-order valence-corrected chi connectivity index (χ1v) is 17.2. The Morgan fingerprint density at radius 3 is 1.39 bits per heavy atom. The second-order valence-corrected chi connectivity index (χ2v) is 18.2. The quantitative estimate of drug-likeness (QED) is 0.373. The summed E-state index contributed by atoms with van der Waals surface area (Å²) < 4.78 is 17.0. The van der Waals surface area contributed by atoms with E-state index < -0.39 is 16.6 Å². The number of rotatable bonds is 12. The van der Waals surface area contributed by atoms with E-state index in [0.717, 1.165) is 48.9 Å². The molecule has 0 unspecified atom stereocenters. The molecule has 0 aliphatic heterocycles. The second-order valence-electron chi connectivity index (χ2n) is 9.34. The molecule has 0 spiro atoms. The Hall–Kier alpha value is -1.97. The number of phenols is 2. The molecule has 0 aromatic heterocycles. The van der Waals surface area contributed by atoms with Crippen molar-refractivity contribution in [3.63, 3.8) is 0 Å². The van der Waals surface area contributed by atoms with Crippen LogP contribution in [0.25, 0.3) is 0 Å². The third kappa shape index (κ3) is 8.23. The van der Waals surface area contributed by atoms with E-state index in [-0.39, 0.29) is 11.5 Å². The van der Waals surface area contributed by atoms with Gasteiger partial charge in [0.05, 0.1) is 14.2 Å². The van der Waals surface area contributed by atoms with Crippen LogP contribution in [-0.2, 0) is 17.0 Å². The van der Waals surface area contributed by atoms with Gasteiger partial charge in [-0.1, -0.05) is 12.1 Å². The Bertz CT molecular complexity index is 782. The van der Waals surface area contributed by atoms with E-state index in [9.17, 15) is 10.2 Å². The molecular weight excluding hydrogens is 424 g/mol. The predicted octanol–water partition coefficient (Wildman–Crippen LogP) is 6.11. The lowest BCUT2D eigenvalue weighted by Gasteiger charge is -2.34. The van der Waals surface area contributed by atoms with Crippen LogP contribution in [0.1, 0.15) is 24.0 Å². The van der Waals surface area contributed by atoms with E-state index in [1.165, 1.54) is 0 Å². The minimum absolute atomic E-state index is 0.200. The van der Waals surface area contributed by atoms with Gasteiger partial charge in [-0.2, -0.15) is 0 Å². The predicted molar refractivity (Wildman–Crippen MR) is 132 cm³/mol. The molecule has 7 heteroatoms. The number of aromatic hydroxyl groups is 2. The molecular formula is C24H38O5Si2. The molecule has 0 heterocycles. The summed E-state index contributed by atoms with van der Waals surface area (Å²) in [6.07, 6.45) is 3.97. The van der Waals surface area contributed by atoms with Gasteiger partial charge < -0.3 is 23.8 Å². The molecule has 0 aliphatic rings. The van der Waals surface area contributed by atoms with Gasteiger partial charge in [-0.15, -0.1) is 0 Å². The molecule has 0 radical (unpaired) electrons. The SMILES string of the molecule is COc1ccc(CCC[Si](C)(C)O[Si](C)(C)CCCc2ccc(OC)c(O)c2)cc1O. The van der Waals surface area contributed by atoms with E-state index in [4.69, 9.17) is 13.6 Å². The summed E-state index contributed by atoms with van der Waals surface area (Å²) in [5.41, 5.74) is 2.25. The van der Waals surface area contributed by atoms with Gasteiger partial charge in [0.15, 0.2) is 39.6 Å². The second kappa shape index (κ2) is 11.1. The fourth-order valence-electron chi connectivity index (χ4n) is 4.07. The standard InChI is InChI=1S/C24H38O5Si2/c1-27-23-13-11-19(17-21(23)25)9-7-15-30(3,4)29-31(5,6)16-8-10-20-12-14-24(28-2)22(26)18-20/h11-14,17-18,25-26H,7-10,15-16H2,1-6H3. The molecule has 31 heavy (non-hydrogen) atoms. The summed E-state index contributed by atoms with van der Waals surface area (Å²) in [5.74, 6) is 1.43. The summed E-state index contributed by atoms with van der Waals surface area (Å²) in [6, 6.07) is 13.5. The van der Waals surface area contributed by atoms with Gasteiger partial charge in [0, 0.05) is 0 Å². The molecule has 0 atom stereocenters. The Morgan fingerprint density at radius 1 is 0.677 bits per heavy atom. The van der Waals surface area contributed by atoms with Crippen molar-refractivity contribution >= 4 is 16.6 Å². The lowest BCUT2D eigenvalue weighted by atomic mass is 10.1. The molecule has 5 nitrogen and oxygen atoms in total. The molecule has 2 aromatic carbocycles. The van der Waals surface area contributed by atoms with Crippen molar-refractivity contribution in [3.8, 4) is 23.0 Å². The van der Waals surface area contributed by atoms with E-state index in [1.54, 1.807) is 26.4 Å². The average molecular weight is 463 g/mol. The van der Waals surface area contributed by atoms with E-state index in [1.807, 2.05) is 24.3 Å². The molecule has 0 amide bonds. The van der Waals surface area contributed by atoms with Crippen LogP contribution in [0.5, 0.6) is 23.0 Å². The van der Waals surface area contributed by atoms with Crippen LogP contribution in [0.3, 0.4) is 0 Å². The topological polar surface area (TPSA) is 68.2 Å². The number of phenolic OH excluding ortho intramolecular Hbond substituents is 2. The molecule has 2 aromatic rings. The average Bonchev–Trinajstić information content (AvgIpc) is 2.67. The molecule has 172 valence electrons. The van der Waals surface area contributed by atoms with Gasteiger partial charge in [-0.25, -0.2) is 0 Å². The number of methoxy groups -OCH3 is 2. The monoisotopic (exact) mass is 462 g/mol. The molecule has 0 fully saturated rings. The van der Waals surface area contributed by atoms with Gasteiger partial charge in [0.2, 0.25) is 0 Å². The van der Waals surface area contributed by atoms with E-state index in [0.29, 0.717) is 11.5 Å². The minimum Gasteiger partial charge on any atom is -0.504 e. The number of ether oxygens (including phenoxy) is 2. The maximum absolute atomic E-state index is 9.95. The van der Waals surface area contributed by atoms with Crippen molar-refractivity contribution < 1.29 is 23.8 Å². The highest BCUT2D eigenvalue weighted by atomic mass is 28.4. The zero-order chi connectivity index (χ0) is 23.1. The van der Waals surface area contributed by atoms with Crippen LogP contribution >= 0.6 is 0 Å². The first-order valence-electron chi connectivity index (χ1n) is 11.0. The van der Waals surface area contributed by atoms with Crippen molar-refractivity contribution in [2.24, 2.45) is 0 Å². The smallest absolute Gasteiger partial charge is 0.173 e. The number of benzene rings is 2. The Balaban J connectivity index is 1.79. The van der Waals surface area contributed by atoms with Gasteiger partial charge in [-0.3, -0.25) is 0 Å². The highest BCUT2D eigenvalue weighted by molar-refractivity contribution is 6.84. The normalized spacial score (nSPS) is 12.1. The van der Waals surface area contributed by atoms with Crippen LogP contribution in [0.15, 0.2) is 36.4 Å². The first-order chi connectivity index (χ1) is 14.5. The van der Waals surface area contributed by atoms with Crippen LogP contribution < -0.4 is 9.47 Å². The van der Waals surface area contributed by atoms with Crippen molar-refractivity contribution in [3.05, 3.63) is 47.5 Å². The van der Waals surface area contributed by atoms with Crippen LogP contribution in [-0.4, -0.2) is 41.1 Å². The first kappa shape index (κ1) is 25.3. The lowest BCUT2D eigenvalue weighted by molar-refractivity contribution is 0.373. The fraction of sp³-hybridized carbons (Fsp3) is 0.500. The van der Waals surface area contributed by atoms with Crippen LogP contribution in [0, 0.1) is 0 Å². The number of aryl methyl sites for hydroxylation is 2. The summed E-state index contributed by atoms with van der Waals surface area (Å²) in [6.45, 7) is 9.26. The summed E-state index contributed by atoms with van der Waals surface area (Å²) in [4.78, 5) is 0. The zero-order valence-electron chi connectivity index (χ0n) is 19.8. The summed E-state index contributed by atoms with van der Waals surface area (Å²) in [5, 5.41) is 19.9. The third-order valence-corrected chi connectivity index (χ3v) is 13.1. The number of hydrogen-bond donors (Lipinski definition) is 2. The largest absolute Gasteiger partial charge is 0.504 e. The maximum Gasteiger partial charge on any atom is 0.173 e.